The van der Waals surface area contributed by atoms with E-state index in [1.807, 2.05) is 6.92 Å². The molecule has 0 unspecified atom stereocenters. The fourth-order valence-corrected chi connectivity index (χ4v) is 3.30. The van der Waals surface area contributed by atoms with Crippen LogP contribution in [0.2, 0.25) is 0 Å². The maximum absolute atomic E-state index is 12.2. The minimum atomic E-state index is -3.47. The van der Waals surface area contributed by atoms with Crippen molar-refractivity contribution in [1.82, 2.24) is 4.72 Å². The fourth-order valence-electron chi connectivity index (χ4n) is 2.18. The lowest BCUT2D eigenvalue weighted by molar-refractivity contribution is 0.280. The Bertz CT molecular complexity index is 526. The number of hydrogen-bond acceptors (Lipinski definition) is 3. The standard InChI is InChI=1S/C16H27NO3S/c1-3-4-5-6-7-8-11-17-21(19,20)16-10-9-14(2)15(12-16)13-18/h9-10,12,17-18H,3-8,11,13H2,1-2H3. The summed E-state index contributed by atoms with van der Waals surface area (Å²) in [4.78, 5) is 0.225. The van der Waals surface area contributed by atoms with E-state index in [9.17, 15) is 13.5 Å². The van der Waals surface area contributed by atoms with Gasteiger partial charge in [-0.1, -0.05) is 45.1 Å². The molecule has 0 saturated carbocycles. The van der Waals surface area contributed by atoms with E-state index in [0.29, 0.717) is 12.1 Å². The predicted molar refractivity (Wildman–Crippen MR) is 85.7 cm³/mol. The fraction of sp³-hybridized carbons (Fsp3) is 0.625. The van der Waals surface area contributed by atoms with Gasteiger partial charge in [0.05, 0.1) is 11.5 Å². The average Bonchev–Trinajstić information content (AvgIpc) is 2.46. The number of hydrogen-bond donors (Lipinski definition) is 2. The van der Waals surface area contributed by atoms with Crippen molar-refractivity contribution >= 4 is 10.0 Å². The summed E-state index contributed by atoms with van der Waals surface area (Å²) in [6, 6.07) is 4.85. The molecule has 0 radical (unpaired) electrons. The van der Waals surface area contributed by atoms with Crippen molar-refractivity contribution in [2.45, 2.75) is 63.9 Å². The second-order valence-corrected chi connectivity index (χ2v) is 7.18. The first-order valence-electron chi connectivity index (χ1n) is 7.71. The quantitative estimate of drug-likeness (QED) is 0.652. The van der Waals surface area contributed by atoms with Crippen molar-refractivity contribution in [2.24, 2.45) is 0 Å². The summed E-state index contributed by atoms with van der Waals surface area (Å²) in [7, 11) is -3.47. The molecule has 0 aliphatic rings. The number of unbranched alkanes of at least 4 members (excludes halogenated alkanes) is 5. The first-order chi connectivity index (χ1) is 10.0. The molecule has 1 rings (SSSR count). The normalized spacial score (nSPS) is 11.8. The molecule has 0 aliphatic heterocycles. The van der Waals surface area contributed by atoms with Gasteiger partial charge in [0.2, 0.25) is 10.0 Å². The molecule has 0 atom stereocenters. The molecular weight excluding hydrogens is 286 g/mol. The second kappa shape index (κ2) is 9.18. The van der Waals surface area contributed by atoms with Gasteiger partial charge in [0, 0.05) is 6.54 Å². The molecule has 4 nitrogen and oxygen atoms in total. The van der Waals surface area contributed by atoms with Gasteiger partial charge >= 0.3 is 0 Å². The van der Waals surface area contributed by atoms with E-state index in [1.165, 1.54) is 19.3 Å². The van der Waals surface area contributed by atoms with Crippen LogP contribution >= 0.6 is 0 Å². The molecule has 0 spiro atoms. The molecule has 120 valence electrons. The number of aryl methyl sites for hydroxylation is 1. The Morgan fingerprint density at radius 1 is 1.10 bits per heavy atom. The average molecular weight is 313 g/mol. The number of aliphatic hydroxyl groups excluding tert-OH is 1. The zero-order chi connectivity index (χ0) is 15.7. The maximum Gasteiger partial charge on any atom is 0.240 e. The van der Waals surface area contributed by atoms with Gasteiger partial charge in [0.15, 0.2) is 0 Å². The molecule has 0 amide bonds. The summed E-state index contributed by atoms with van der Waals surface area (Å²) >= 11 is 0. The van der Waals surface area contributed by atoms with E-state index >= 15 is 0 Å². The van der Waals surface area contributed by atoms with E-state index in [0.717, 1.165) is 24.8 Å². The van der Waals surface area contributed by atoms with Crippen molar-refractivity contribution < 1.29 is 13.5 Å². The van der Waals surface area contributed by atoms with E-state index in [4.69, 9.17) is 0 Å². The summed E-state index contributed by atoms with van der Waals surface area (Å²) in [5, 5.41) is 9.21. The number of nitrogens with one attached hydrogen (secondary N) is 1. The van der Waals surface area contributed by atoms with Crippen molar-refractivity contribution in [3.63, 3.8) is 0 Å². The Labute approximate surface area is 128 Å². The third-order valence-electron chi connectivity index (χ3n) is 3.62. The Morgan fingerprint density at radius 3 is 2.43 bits per heavy atom. The van der Waals surface area contributed by atoms with Gasteiger partial charge in [-0.3, -0.25) is 0 Å². The minimum absolute atomic E-state index is 0.146. The molecule has 1 aromatic carbocycles. The lowest BCUT2D eigenvalue weighted by Crippen LogP contribution is -2.25. The second-order valence-electron chi connectivity index (χ2n) is 5.41. The lowest BCUT2D eigenvalue weighted by atomic mass is 10.1. The number of rotatable bonds is 10. The van der Waals surface area contributed by atoms with Gasteiger partial charge in [-0.2, -0.15) is 0 Å². The predicted octanol–water partition coefficient (Wildman–Crippen LogP) is 3.13. The highest BCUT2D eigenvalue weighted by Crippen LogP contribution is 2.15. The van der Waals surface area contributed by atoms with Crippen LogP contribution < -0.4 is 4.72 Å². The maximum atomic E-state index is 12.2. The van der Waals surface area contributed by atoms with Gasteiger partial charge in [-0.05, 0) is 36.6 Å². The Balaban J connectivity index is 2.46. The van der Waals surface area contributed by atoms with Crippen LogP contribution in [-0.4, -0.2) is 20.1 Å². The topological polar surface area (TPSA) is 66.4 Å². The number of sulfonamides is 1. The zero-order valence-corrected chi connectivity index (χ0v) is 13.9. The third-order valence-corrected chi connectivity index (χ3v) is 5.08. The van der Waals surface area contributed by atoms with Crippen LogP contribution in [-0.2, 0) is 16.6 Å². The van der Waals surface area contributed by atoms with Gasteiger partial charge in [0.1, 0.15) is 0 Å². The third kappa shape index (κ3) is 6.16. The van der Waals surface area contributed by atoms with Crippen LogP contribution in [0.15, 0.2) is 23.1 Å². The van der Waals surface area contributed by atoms with E-state index in [1.54, 1.807) is 18.2 Å². The minimum Gasteiger partial charge on any atom is -0.392 e. The van der Waals surface area contributed by atoms with Gasteiger partial charge in [0.25, 0.3) is 0 Å². The Morgan fingerprint density at radius 2 is 1.76 bits per heavy atom. The molecular formula is C16H27NO3S. The van der Waals surface area contributed by atoms with Crippen molar-refractivity contribution in [3.8, 4) is 0 Å². The van der Waals surface area contributed by atoms with Crippen LogP contribution in [0.3, 0.4) is 0 Å². The van der Waals surface area contributed by atoms with Gasteiger partial charge in [-0.15, -0.1) is 0 Å². The molecule has 21 heavy (non-hydrogen) atoms. The highest BCUT2D eigenvalue weighted by atomic mass is 32.2. The highest BCUT2D eigenvalue weighted by molar-refractivity contribution is 7.89. The van der Waals surface area contributed by atoms with Crippen molar-refractivity contribution in [1.29, 1.82) is 0 Å². The number of aliphatic hydroxyl groups is 1. The molecule has 0 aromatic heterocycles. The van der Waals surface area contributed by atoms with Gasteiger partial charge in [-0.25, -0.2) is 13.1 Å². The van der Waals surface area contributed by atoms with Crippen LogP contribution in [0.5, 0.6) is 0 Å². The molecule has 2 N–H and O–H groups in total. The van der Waals surface area contributed by atoms with E-state index in [2.05, 4.69) is 11.6 Å². The molecule has 1 aromatic rings. The zero-order valence-electron chi connectivity index (χ0n) is 13.1. The molecule has 0 heterocycles. The molecule has 0 aliphatic carbocycles. The van der Waals surface area contributed by atoms with Crippen LogP contribution in [0, 0.1) is 6.92 Å². The van der Waals surface area contributed by atoms with Crippen LogP contribution in [0.1, 0.15) is 56.6 Å². The van der Waals surface area contributed by atoms with Crippen LogP contribution in [0.4, 0.5) is 0 Å². The first-order valence-corrected chi connectivity index (χ1v) is 9.19. The largest absolute Gasteiger partial charge is 0.392 e. The van der Waals surface area contributed by atoms with Gasteiger partial charge < -0.3 is 5.11 Å². The summed E-state index contributed by atoms with van der Waals surface area (Å²) in [6.07, 6.45) is 6.77. The summed E-state index contributed by atoms with van der Waals surface area (Å²) in [6.45, 7) is 4.35. The highest BCUT2D eigenvalue weighted by Gasteiger charge is 2.14. The smallest absolute Gasteiger partial charge is 0.240 e. The number of benzene rings is 1. The molecule has 0 fully saturated rings. The summed E-state index contributed by atoms with van der Waals surface area (Å²) in [5.41, 5.74) is 1.55. The van der Waals surface area contributed by atoms with E-state index in [-0.39, 0.29) is 11.5 Å². The summed E-state index contributed by atoms with van der Waals surface area (Å²) < 4.78 is 26.9. The molecule has 0 bridgehead atoms. The Hall–Kier alpha value is -0.910. The first kappa shape index (κ1) is 18.1. The van der Waals surface area contributed by atoms with Crippen LogP contribution in [0.25, 0.3) is 0 Å². The SMILES string of the molecule is CCCCCCCCNS(=O)(=O)c1ccc(C)c(CO)c1. The Kier molecular flexibility index (Phi) is 7.93. The van der Waals surface area contributed by atoms with Crippen molar-refractivity contribution in [3.05, 3.63) is 29.3 Å². The van der Waals surface area contributed by atoms with Crippen molar-refractivity contribution in [2.75, 3.05) is 6.54 Å². The molecule has 5 heteroatoms. The monoisotopic (exact) mass is 313 g/mol. The summed E-state index contributed by atoms with van der Waals surface area (Å²) in [5.74, 6) is 0. The molecule has 0 saturated heterocycles. The lowest BCUT2D eigenvalue weighted by Gasteiger charge is -2.09. The van der Waals surface area contributed by atoms with E-state index < -0.39 is 10.0 Å².